The zero-order chi connectivity index (χ0) is 40.9. The maximum atomic E-state index is 5.41. The van der Waals surface area contributed by atoms with E-state index >= 15 is 0 Å². The van der Waals surface area contributed by atoms with Gasteiger partial charge in [-0.15, -0.1) is 0 Å². The summed E-state index contributed by atoms with van der Waals surface area (Å²) in [6.45, 7) is 4.73. The molecule has 10 aromatic rings. The van der Waals surface area contributed by atoms with Crippen molar-refractivity contribution in [1.29, 1.82) is 0 Å². The van der Waals surface area contributed by atoms with Gasteiger partial charge in [-0.2, -0.15) is 0 Å². The highest BCUT2D eigenvalue weighted by molar-refractivity contribution is 6.01. The molecule has 288 valence electrons. The van der Waals surface area contributed by atoms with Gasteiger partial charge >= 0.3 is 0 Å². The van der Waals surface area contributed by atoms with Crippen LogP contribution in [0.5, 0.6) is 0 Å². The molecule has 0 saturated carbocycles. The van der Waals surface area contributed by atoms with Crippen LogP contribution in [-0.4, -0.2) is 9.97 Å². The van der Waals surface area contributed by atoms with E-state index in [1.165, 1.54) is 49.7 Å². The first-order valence-corrected chi connectivity index (χ1v) is 21.1. The molecule has 61 heavy (non-hydrogen) atoms. The van der Waals surface area contributed by atoms with Crippen LogP contribution in [0, 0.1) is 0 Å². The molecule has 1 aliphatic carbocycles. The Labute approximate surface area is 357 Å². The van der Waals surface area contributed by atoms with Crippen LogP contribution in [0.25, 0.3) is 100 Å². The molecule has 0 bridgehead atoms. The van der Waals surface area contributed by atoms with Crippen LogP contribution in [0.2, 0.25) is 0 Å². The second kappa shape index (κ2) is 14.9. The van der Waals surface area contributed by atoms with E-state index in [4.69, 9.17) is 9.97 Å². The van der Waals surface area contributed by atoms with Crippen LogP contribution < -0.4 is 0 Å². The molecule has 1 aromatic heterocycles. The fourth-order valence-corrected chi connectivity index (χ4v) is 9.50. The van der Waals surface area contributed by atoms with Crippen molar-refractivity contribution in [3.05, 3.63) is 230 Å². The minimum Gasteiger partial charge on any atom is -0.228 e. The summed E-state index contributed by atoms with van der Waals surface area (Å²) in [4.78, 5) is 10.8. The summed E-state index contributed by atoms with van der Waals surface area (Å²) in [5.41, 5.74) is 19.4. The Hall–Kier alpha value is -7.68. The molecular weight excluding hydrogens is 737 g/mol. The topological polar surface area (TPSA) is 25.8 Å². The summed E-state index contributed by atoms with van der Waals surface area (Å²) in [7, 11) is 0. The van der Waals surface area contributed by atoms with E-state index in [0.717, 1.165) is 55.9 Å². The molecule has 0 amide bonds. The molecular formula is C59H42N2. The Balaban J connectivity index is 1.08. The zero-order valence-corrected chi connectivity index (χ0v) is 34.2. The molecule has 11 rings (SSSR count). The Kier molecular flexibility index (Phi) is 8.86. The Morgan fingerprint density at radius 2 is 0.738 bits per heavy atom. The highest BCUT2D eigenvalue weighted by Crippen LogP contribution is 2.54. The number of benzene rings is 9. The number of hydrogen-bond donors (Lipinski definition) is 0. The second-order valence-electron chi connectivity index (χ2n) is 16.5. The second-order valence-corrected chi connectivity index (χ2v) is 16.5. The highest BCUT2D eigenvalue weighted by atomic mass is 14.9. The number of hydrogen-bond acceptors (Lipinski definition) is 2. The summed E-state index contributed by atoms with van der Waals surface area (Å²) in [5, 5.41) is 2.54. The van der Waals surface area contributed by atoms with Gasteiger partial charge in [0.25, 0.3) is 0 Å². The maximum Gasteiger partial charge on any atom is 0.160 e. The Bertz CT molecular complexity index is 3170. The predicted octanol–water partition coefficient (Wildman–Crippen LogP) is 15.6. The molecule has 0 N–H and O–H groups in total. The molecule has 0 spiro atoms. The average molecular weight is 779 g/mol. The van der Waals surface area contributed by atoms with Gasteiger partial charge in [0.1, 0.15) is 0 Å². The van der Waals surface area contributed by atoms with Gasteiger partial charge in [-0.3, -0.25) is 0 Å². The molecule has 2 nitrogen and oxygen atoms in total. The quantitative estimate of drug-likeness (QED) is 0.161. The maximum absolute atomic E-state index is 5.41. The summed E-state index contributed by atoms with van der Waals surface area (Å²) >= 11 is 0. The van der Waals surface area contributed by atoms with Crippen molar-refractivity contribution in [3.63, 3.8) is 0 Å². The van der Waals surface area contributed by atoms with Crippen molar-refractivity contribution >= 4 is 10.8 Å². The van der Waals surface area contributed by atoms with Crippen molar-refractivity contribution in [3.8, 4) is 89.5 Å². The molecule has 0 fully saturated rings. The molecule has 0 saturated heterocycles. The molecule has 0 aliphatic heterocycles. The lowest BCUT2D eigenvalue weighted by atomic mass is 9.81. The summed E-state index contributed by atoms with van der Waals surface area (Å²) < 4.78 is 0. The first kappa shape index (κ1) is 36.4. The number of fused-ring (bicyclic) bond motifs is 4. The standard InChI is InChI=1S/C59H42N2/c1-59(2)53-34-18-33-51(57(53)52-36-41-23-9-10-24-42(41)37-54(52)59)48-30-14-11-29-47(48)43-25-17-26-44(35-43)58-60-55(49-31-15-12-27-45(49)39-19-5-3-6-20-39)38-56(61-58)50-32-16-13-28-46(50)40-21-7-4-8-22-40/h3-38H,1-2H3. The lowest BCUT2D eigenvalue weighted by molar-refractivity contribution is 0.661. The molecule has 0 radical (unpaired) electrons. The molecule has 2 heteroatoms. The molecule has 0 atom stereocenters. The van der Waals surface area contributed by atoms with Gasteiger partial charge in [-0.25, -0.2) is 9.97 Å². The average Bonchev–Trinajstić information content (AvgIpc) is 3.56. The number of nitrogens with zero attached hydrogens (tertiary/aromatic N) is 2. The summed E-state index contributed by atoms with van der Waals surface area (Å²) in [5.74, 6) is 0.681. The van der Waals surface area contributed by atoms with E-state index in [0.29, 0.717) is 5.82 Å². The number of aromatic nitrogens is 2. The minimum absolute atomic E-state index is 0.127. The van der Waals surface area contributed by atoms with Gasteiger partial charge in [-0.1, -0.05) is 208 Å². The first-order chi connectivity index (χ1) is 30.0. The van der Waals surface area contributed by atoms with E-state index in [2.05, 4.69) is 232 Å². The minimum atomic E-state index is -0.127. The fourth-order valence-electron chi connectivity index (χ4n) is 9.50. The van der Waals surface area contributed by atoms with Crippen molar-refractivity contribution in [2.24, 2.45) is 0 Å². The van der Waals surface area contributed by atoms with E-state index in [1.54, 1.807) is 0 Å². The molecule has 0 unspecified atom stereocenters. The normalized spacial score (nSPS) is 12.6. The van der Waals surface area contributed by atoms with Crippen LogP contribution >= 0.6 is 0 Å². The van der Waals surface area contributed by atoms with Crippen LogP contribution in [0.1, 0.15) is 25.0 Å². The van der Waals surface area contributed by atoms with E-state index in [9.17, 15) is 0 Å². The van der Waals surface area contributed by atoms with Crippen LogP contribution in [-0.2, 0) is 5.41 Å². The van der Waals surface area contributed by atoms with Crippen molar-refractivity contribution in [2.75, 3.05) is 0 Å². The third-order valence-corrected chi connectivity index (χ3v) is 12.5. The van der Waals surface area contributed by atoms with Crippen LogP contribution in [0.4, 0.5) is 0 Å². The third-order valence-electron chi connectivity index (χ3n) is 12.5. The summed E-state index contributed by atoms with van der Waals surface area (Å²) in [6, 6.07) is 78.4. The lowest BCUT2D eigenvalue weighted by Crippen LogP contribution is -2.14. The van der Waals surface area contributed by atoms with E-state index < -0.39 is 0 Å². The van der Waals surface area contributed by atoms with Crippen LogP contribution in [0.15, 0.2) is 218 Å². The molecule has 1 heterocycles. The highest BCUT2D eigenvalue weighted by Gasteiger charge is 2.37. The molecule has 1 aliphatic rings. The Morgan fingerprint density at radius 1 is 0.295 bits per heavy atom. The largest absolute Gasteiger partial charge is 0.228 e. The summed E-state index contributed by atoms with van der Waals surface area (Å²) in [6.07, 6.45) is 0. The van der Waals surface area contributed by atoms with Crippen molar-refractivity contribution in [1.82, 2.24) is 9.97 Å². The van der Waals surface area contributed by atoms with Gasteiger partial charge in [-0.05, 0) is 102 Å². The smallest absolute Gasteiger partial charge is 0.160 e. The van der Waals surface area contributed by atoms with E-state index in [-0.39, 0.29) is 5.41 Å². The van der Waals surface area contributed by atoms with Crippen LogP contribution in [0.3, 0.4) is 0 Å². The Morgan fingerprint density at radius 3 is 1.34 bits per heavy atom. The fraction of sp³-hybridized carbons (Fsp3) is 0.0508. The predicted molar refractivity (Wildman–Crippen MR) is 255 cm³/mol. The SMILES string of the molecule is CC1(C)c2cc3ccccc3cc2-c2c(-c3ccccc3-c3cccc(-c4nc(-c5ccccc5-c5ccccc5)cc(-c5ccccc5-c5ccccc5)n4)c3)cccc21. The third kappa shape index (κ3) is 6.36. The van der Waals surface area contributed by atoms with Gasteiger partial charge in [0.05, 0.1) is 11.4 Å². The monoisotopic (exact) mass is 778 g/mol. The molecule has 9 aromatic carbocycles. The zero-order valence-electron chi connectivity index (χ0n) is 34.2. The first-order valence-electron chi connectivity index (χ1n) is 21.1. The van der Waals surface area contributed by atoms with Gasteiger partial charge in [0.15, 0.2) is 5.82 Å². The number of rotatable bonds is 7. The lowest BCUT2D eigenvalue weighted by Gasteiger charge is -2.22. The van der Waals surface area contributed by atoms with Crippen molar-refractivity contribution < 1.29 is 0 Å². The van der Waals surface area contributed by atoms with Crippen molar-refractivity contribution in [2.45, 2.75) is 19.3 Å². The van der Waals surface area contributed by atoms with E-state index in [1.807, 2.05) is 0 Å². The van der Waals surface area contributed by atoms with Gasteiger partial charge in [0, 0.05) is 22.1 Å². The van der Waals surface area contributed by atoms with Gasteiger partial charge in [0.2, 0.25) is 0 Å². The van der Waals surface area contributed by atoms with Gasteiger partial charge < -0.3 is 0 Å².